The molecule has 2 aromatic rings. The average Bonchev–Trinajstić information content (AvgIpc) is 2.45. The number of para-hydroxylation sites is 1. The van der Waals surface area contributed by atoms with Crippen LogP contribution in [0, 0.1) is 10.1 Å². The van der Waals surface area contributed by atoms with E-state index >= 15 is 0 Å². The van der Waals surface area contributed by atoms with Crippen LogP contribution in [0.3, 0.4) is 0 Å². The van der Waals surface area contributed by atoms with Gasteiger partial charge in [0.05, 0.1) is 4.92 Å². The molecular formula is C14H13N3O3. The molecule has 1 amide bonds. The molecule has 0 radical (unpaired) electrons. The van der Waals surface area contributed by atoms with Gasteiger partial charge in [-0.05, 0) is 17.7 Å². The first kappa shape index (κ1) is 13.5. The van der Waals surface area contributed by atoms with Crippen LogP contribution in [0.4, 0.5) is 11.4 Å². The van der Waals surface area contributed by atoms with Crippen LogP contribution in [0.2, 0.25) is 0 Å². The summed E-state index contributed by atoms with van der Waals surface area (Å²) in [5, 5.41) is 13.6. The molecule has 0 atom stereocenters. The summed E-state index contributed by atoms with van der Waals surface area (Å²) in [5.74, 6) is -0.521. The molecule has 0 aromatic heterocycles. The number of anilines is 1. The van der Waals surface area contributed by atoms with Gasteiger partial charge in [0.25, 0.3) is 5.91 Å². The van der Waals surface area contributed by atoms with Crippen LogP contribution in [-0.4, -0.2) is 10.8 Å². The Morgan fingerprint density at radius 3 is 2.50 bits per heavy atom. The van der Waals surface area contributed by atoms with Crippen molar-refractivity contribution in [3.8, 4) is 0 Å². The fourth-order valence-corrected chi connectivity index (χ4v) is 1.82. The molecule has 0 bridgehead atoms. The van der Waals surface area contributed by atoms with Crippen molar-refractivity contribution in [3.63, 3.8) is 0 Å². The third kappa shape index (κ3) is 2.92. The Hall–Kier alpha value is -2.89. The molecule has 2 rings (SSSR count). The number of nitrogens with two attached hydrogens (primary N) is 1. The van der Waals surface area contributed by atoms with Gasteiger partial charge in [-0.2, -0.15) is 0 Å². The lowest BCUT2D eigenvalue weighted by Crippen LogP contribution is -2.24. The van der Waals surface area contributed by atoms with Gasteiger partial charge in [-0.15, -0.1) is 0 Å². The van der Waals surface area contributed by atoms with Gasteiger partial charge in [0, 0.05) is 6.54 Å². The maximum Gasteiger partial charge on any atom is 0.304 e. The lowest BCUT2D eigenvalue weighted by molar-refractivity contribution is -0.384. The van der Waals surface area contributed by atoms with E-state index in [-0.39, 0.29) is 16.9 Å². The van der Waals surface area contributed by atoms with E-state index in [2.05, 4.69) is 5.32 Å². The molecule has 6 nitrogen and oxygen atoms in total. The zero-order chi connectivity index (χ0) is 14.5. The summed E-state index contributed by atoms with van der Waals surface area (Å²) in [7, 11) is 0. The van der Waals surface area contributed by atoms with Gasteiger partial charge in [0.1, 0.15) is 11.3 Å². The first-order valence-electron chi connectivity index (χ1n) is 5.94. The standard InChI is InChI=1S/C14H13N3O3/c15-12-8-4-7-11(13(12)17(19)20)14(18)16-9-10-5-2-1-3-6-10/h1-8H,9,15H2,(H,16,18). The third-order valence-corrected chi connectivity index (χ3v) is 2.79. The molecule has 0 unspecified atom stereocenters. The van der Waals surface area contributed by atoms with E-state index in [4.69, 9.17) is 5.73 Å². The molecular weight excluding hydrogens is 258 g/mol. The molecule has 0 aliphatic rings. The number of carbonyl (C=O) groups is 1. The minimum atomic E-state index is -0.646. The minimum Gasteiger partial charge on any atom is -0.393 e. The highest BCUT2D eigenvalue weighted by molar-refractivity contribution is 6.00. The van der Waals surface area contributed by atoms with E-state index in [0.717, 1.165) is 5.56 Å². The van der Waals surface area contributed by atoms with Crippen LogP contribution >= 0.6 is 0 Å². The van der Waals surface area contributed by atoms with Crippen molar-refractivity contribution in [1.82, 2.24) is 5.32 Å². The predicted molar refractivity (Wildman–Crippen MR) is 75.1 cm³/mol. The largest absolute Gasteiger partial charge is 0.393 e. The van der Waals surface area contributed by atoms with Gasteiger partial charge in [0.15, 0.2) is 0 Å². The van der Waals surface area contributed by atoms with Crippen molar-refractivity contribution >= 4 is 17.3 Å². The number of carbonyl (C=O) groups excluding carboxylic acids is 1. The zero-order valence-electron chi connectivity index (χ0n) is 10.6. The quantitative estimate of drug-likeness (QED) is 0.505. The number of nitro benzene ring substituents is 1. The van der Waals surface area contributed by atoms with Crippen LogP contribution < -0.4 is 11.1 Å². The van der Waals surface area contributed by atoms with Crippen molar-refractivity contribution in [3.05, 3.63) is 69.8 Å². The molecule has 0 spiro atoms. The van der Waals surface area contributed by atoms with Crippen LogP contribution in [0.1, 0.15) is 15.9 Å². The molecule has 0 saturated heterocycles. The first-order valence-corrected chi connectivity index (χ1v) is 5.94. The molecule has 0 fully saturated rings. The number of hydrogen-bond donors (Lipinski definition) is 2. The molecule has 102 valence electrons. The highest BCUT2D eigenvalue weighted by Gasteiger charge is 2.22. The number of rotatable bonds is 4. The van der Waals surface area contributed by atoms with E-state index in [9.17, 15) is 14.9 Å². The van der Waals surface area contributed by atoms with Gasteiger partial charge in [-0.1, -0.05) is 36.4 Å². The van der Waals surface area contributed by atoms with Crippen molar-refractivity contribution in [2.24, 2.45) is 0 Å². The fraction of sp³-hybridized carbons (Fsp3) is 0.0714. The summed E-state index contributed by atoms with van der Waals surface area (Å²) < 4.78 is 0. The maximum absolute atomic E-state index is 12.0. The number of benzene rings is 2. The van der Waals surface area contributed by atoms with E-state index in [1.54, 1.807) is 0 Å². The second-order valence-electron chi connectivity index (χ2n) is 4.17. The first-order chi connectivity index (χ1) is 9.59. The van der Waals surface area contributed by atoms with Crippen LogP contribution in [-0.2, 0) is 6.54 Å². The molecule has 0 heterocycles. The number of nitro groups is 1. The third-order valence-electron chi connectivity index (χ3n) is 2.79. The Balaban J connectivity index is 2.18. The van der Waals surface area contributed by atoms with Gasteiger partial charge in [-0.3, -0.25) is 14.9 Å². The van der Waals surface area contributed by atoms with Crippen molar-refractivity contribution in [2.45, 2.75) is 6.54 Å². The zero-order valence-corrected chi connectivity index (χ0v) is 10.6. The lowest BCUT2D eigenvalue weighted by atomic mass is 10.1. The van der Waals surface area contributed by atoms with E-state index in [1.807, 2.05) is 30.3 Å². The predicted octanol–water partition coefficient (Wildman–Crippen LogP) is 2.11. The van der Waals surface area contributed by atoms with E-state index in [0.29, 0.717) is 6.54 Å². The molecule has 20 heavy (non-hydrogen) atoms. The van der Waals surface area contributed by atoms with Crippen LogP contribution in [0.15, 0.2) is 48.5 Å². The van der Waals surface area contributed by atoms with Gasteiger partial charge in [-0.25, -0.2) is 0 Å². The summed E-state index contributed by atoms with van der Waals surface area (Å²) in [6.07, 6.45) is 0. The Labute approximate surface area is 115 Å². The summed E-state index contributed by atoms with van der Waals surface area (Å²) >= 11 is 0. The monoisotopic (exact) mass is 271 g/mol. The second-order valence-corrected chi connectivity index (χ2v) is 4.17. The molecule has 0 aliphatic heterocycles. The van der Waals surface area contributed by atoms with Crippen molar-refractivity contribution in [1.29, 1.82) is 0 Å². The molecule has 2 aromatic carbocycles. The smallest absolute Gasteiger partial charge is 0.304 e. The SMILES string of the molecule is Nc1cccc(C(=O)NCc2ccccc2)c1[N+](=O)[O-]. The Bertz CT molecular complexity index is 641. The maximum atomic E-state index is 12.0. The highest BCUT2D eigenvalue weighted by Crippen LogP contribution is 2.25. The van der Waals surface area contributed by atoms with E-state index in [1.165, 1.54) is 18.2 Å². The summed E-state index contributed by atoms with van der Waals surface area (Å²) in [6, 6.07) is 13.6. The number of nitrogen functional groups attached to an aromatic ring is 1. The Kier molecular flexibility index (Phi) is 3.95. The second kappa shape index (κ2) is 5.83. The van der Waals surface area contributed by atoms with E-state index < -0.39 is 10.8 Å². The number of nitrogens with one attached hydrogen (secondary N) is 1. The molecule has 6 heteroatoms. The summed E-state index contributed by atoms with van der Waals surface area (Å²) in [4.78, 5) is 22.3. The van der Waals surface area contributed by atoms with Gasteiger partial charge < -0.3 is 11.1 Å². The Morgan fingerprint density at radius 1 is 1.15 bits per heavy atom. The Morgan fingerprint density at radius 2 is 1.85 bits per heavy atom. The summed E-state index contributed by atoms with van der Waals surface area (Å²) in [5.41, 5.74) is 6.03. The fourth-order valence-electron chi connectivity index (χ4n) is 1.82. The molecule has 0 aliphatic carbocycles. The minimum absolute atomic E-state index is 0.0256. The van der Waals surface area contributed by atoms with Crippen LogP contribution in [0.25, 0.3) is 0 Å². The van der Waals surface area contributed by atoms with Gasteiger partial charge >= 0.3 is 5.69 Å². The van der Waals surface area contributed by atoms with Crippen molar-refractivity contribution in [2.75, 3.05) is 5.73 Å². The summed E-state index contributed by atoms with van der Waals surface area (Å²) in [6.45, 7) is 0.297. The molecule has 3 N–H and O–H groups in total. The lowest BCUT2D eigenvalue weighted by Gasteiger charge is -2.07. The topological polar surface area (TPSA) is 98.3 Å². The number of hydrogen-bond acceptors (Lipinski definition) is 4. The average molecular weight is 271 g/mol. The highest BCUT2D eigenvalue weighted by atomic mass is 16.6. The normalized spacial score (nSPS) is 10.0. The van der Waals surface area contributed by atoms with Gasteiger partial charge in [0.2, 0.25) is 0 Å². The molecule has 0 saturated carbocycles. The number of amides is 1. The number of nitrogens with zero attached hydrogens (tertiary/aromatic N) is 1. The van der Waals surface area contributed by atoms with Crippen LogP contribution in [0.5, 0.6) is 0 Å². The van der Waals surface area contributed by atoms with Crippen molar-refractivity contribution < 1.29 is 9.72 Å².